The van der Waals surface area contributed by atoms with Crippen LogP contribution in [0.2, 0.25) is 0 Å². The smallest absolute Gasteiger partial charge is 0.337 e. The lowest BCUT2D eigenvalue weighted by Crippen LogP contribution is -2.46. The first-order valence-electron chi connectivity index (χ1n) is 11.8. The Morgan fingerprint density at radius 3 is 2.37 bits per heavy atom. The molecule has 0 fully saturated rings. The molecule has 0 radical (unpaired) electrons. The number of carbonyl (C=O) groups excluding carboxylic acids is 2. The van der Waals surface area contributed by atoms with E-state index < -0.39 is 23.9 Å². The van der Waals surface area contributed by atoms with Crippen LogP contribution in [0.3, 0.4) is 0 Å². The fraction of sp³-hybridized carbons (Fsp3) is 0.333. The molecule has 0 aliphatic carbocycles. The summed E-state index contributed by atoms with van der Waals surface area (Å²) in [6.45, 7) is 7.81. The van der Waals surface area contributed by atoms with Crippen LogP contribution in [-0.2, 0) is 11.2 Å². The summed E-state index contributed by atoms with van der Waals surface area (Å²) in [6.07, 6.45) is 3.66. The molecule has 0 saturated carbocycles. The number of benzene rings is 2. The highest BCUT2D eigenvalue weighted by Gasteiger charge is 2.30. The van der Waals surface area contributed by atoms with Crippen molar-refractivity contribution in [2.45, 2.75) is 45.6 Å². The highest BCUT2D eigenvalue weighted by atomic mass is 16.5. The van der Waals surface area contributed by atoms with Gasteiger partial charge >= 0.3 is 6.03 Å². The molecule has 2 N–H and O–H groups in total. The maximum atomic E-state index is 12.9. The number of urea groups is 1. The Bertz CT molecular complexity index is 1100. The lowest BCUT2D eigenvalue weighted by Gasteiger charge is -2.23. The quantitative estimate of drug-likeness (QED) is 0.213. The van der Waals surface area contributed by atoms with Gasteiger partial charge in [-0.1, -0.05) is 92.2 Å². The maximum Gasteiger partial charge on any atom is 0.349 e. The van der Waals surface area contributed by atoms with Gasteiger partial charge in [-0.3, -0.25) is 10.0 Å². The Hall–Kier alpha value is -3.78. The maximum absolute atomic E-state index is 12.9. The Morgan fingerprint density at radius 1 is 1.09 bits per heavy atom. The second-order valence-electron chi connectivity index (χ2n) is 8.86. The van der Waals surface area contributed by atoms with Crippen molar-refractivity contribution in [3.63, 3.8) is 0 Å². The molecule has 3 aromatic rings. The van der Waals surface area contributed by atoms with Crippen LogP contribution in [0.5, 0.6) is 0 Å². The second-order valence-corrected chi connectivity index (χ2v) is 8.86. The summed E-state index contributed by atoms with van der Waals surface area (Å²) in [5.74, 6) is -0.264. The van der Waals surface area contributed by atoms with Crippen molar-refractivity contribution >= 4 is 11.9 Å². The summed E-state index contributed by atoms with van der Waals surface area (Å²) in [5, 5.41) is 17.3. The first-order valence-corrected chi connectivity index (χ1v) is 11.8. The molecule has 8 heteroatoms. The standard InChI is InChI=1S/C27H32N4O4/c1-4-11-22(17-16-19(2)3)26(32)31(34)27(33)28-23(18-20-12-7-5-8-13-20)25-29-24(30-35-25)21-14-9-6-10-15-21/h4-10,12-15,19,22-23,34H,1,11,16-18H2,2-3H3,(H,28,33)/t22-,23+/m1/s1. The van der Waals surface area contributed by atoms with Crippen LogP contribution < -0.4 is 5.32 Å². The summed E-state index contributed by atoms with van der Waals surface area (Å²) < 4.78 is 5.47. The van der Waals surface area contributed by atoms with Crippen molar-refractivity contribution < 1.29 is 19.3 Å². The summed E-state index contributed by atoms with van der Waals surface area (Å²) in [4.78, 5) is 30.2. The van der Waals surface area contributed by atoms with Gasteiger partial charge in [0.25, 0.3) is 5.91 Å². The second kappa shape index (κ2) is 12.6. The third kappa shape index (κ3) is 7.35. The van der Waals surface area contributed by atoms with Gasteiger partial charge < -0.3 is 9.84 Å². The molecule has 0 saturated heterocycles. The predicted molar refractivity (Wildman–Crippen MR) is 132 cm³/mol. The molecule has 35 heavy (non-hydrogen) atoms. The zero-order chi connectivity index (χ0) is 25.2. The number of hydrogen-bond acceptors (Lipinski definition) is 6. The average molecular weight is 477 g/mol. The third-order valence-electron chi connectivity index (χ3n) is 5.65. The van der Waals surface area contributed by atoms with Crippen LogP contribution in [0, 0.1) is 11.8 Å². The zero-order valence-electron chi connectivity index (χ0n) is 20.1. The van der Waals surface area contributed by atoms with E-state index in [-0.39, 0.29) is 11.0 Å². The van der Waals surface area contributed by atoms with E-state index in [0.29, 0.717) is 31.0 Å². The molecule has 3 rings (SSSR count). The van der Waals surface area contributed by atoms with E-state index in [4.69, 9.17) is 4.52 Å². The summed E-state index contributed by atoms with van der Waals surface area (Å²) >= 11 is 0. The van der Waals surface area contributed by atoms with Crippen molar-refractivity contribution in [2.24, 2.45) is 11.8 Å². The summed E-state index contributed by atoms with van der Waals surface area (Å²) in [7, 11) is 0. The Labute approximate surface area is 205 Å². The van der Waals surface area contributed by atoms with Crippen LogP contribution in [-0.4, -0.2) is 32.3 Å². The molecular formula is C27H32N4O4. The van der Waals surface area contributed by atoms with E-state index in [2.05, 4.69) is 35.9 Å². The minimum Gasteiger partial charge on any atom is -0.337 e. The number of allylic oxidation sites excluding steroid dienone is 1. The van der Waals surface area contributed by atoms with Crippen LogP contribution in [0.1, 0.15) is 50.6 Å². The summed E-state index contributed by atoms with van der Waals surface area (Å²) in [5.41, 5.74) is 1.68. The number of aromatic nitrogens is 2. The lowest BCUT2D eigenvalue weighted by molar-refractivity contribution is -0.157. The van der Waals surface area contributed by atoms with Crippen molar-refractivity contribution in [1.82, 2.24) is 20.5 Å². The topological polar surface area (TPSA) is 109 Å². The molecule has 0 bridgehead atoms. The van der Waals surface area contributed by atoms with E-state index in [1.165, 1.54) is 0 Å². The van der Waals surface area contributed by atoms with Crippen molar-refractivity contribution in [2.75, 3.05) is 0 Å². The molecule has 0 aliphatic heterocycles. The van der Waals surface area contributed by atoms with Crippen LogP contribution in [0.4, 0.5) is 4.79 Å². The number of rotatable bonds is 11. The number of nitrogens with zero attached hydrogens (tertiary/aromatic N) is 3. The van der Waals surface area contributed by atoms with E-state index >= 15 is 0 Å². The van der Waals surface area contributed by atoms with Crippen molar-refractivity contribution in [1.29, 1.82) is 0 Å². The molecule has 0 spiro atoms. The van der Waals surface area contributed by atoms with Gasteiger partial charge in [0.15, 0.2) is 0 Å². The minimum absolute atomic E-state index is 0.154. The van der Waals surface area contributed by atoms with Gasteiger partial charge in [-0.2, -0.15) is 4.98 Å². The van der Waals surface area contributed by atoms with Crippen LogP contribution >= 0.6 is 0 Å². The Kier molecular flexibility index (Phi) is 9.31. The molecule has 0 aliphatic rings. The minimum atomic E-state index is -0.950. The highest BCUT2D eigenvalue weighted by molar-refractivity contribution is 5.94. The van der Waals surface area contributed by atoms with Crippen LogP contribution in [0.15, 0.2) is 77.8 Å². The van der Waals surface area contributed by atoms with Gasteiger partial charge in [0.1, 0.15) is 6.04 Å². The first kappa shape index (κ1) is 25.8. The SMILES string of the molecule is C=CC[C@H](CCC(C)C)C(=O)N(O)C(=O)N[C@@H](Cc1ccccc1)c1nc(-c2ccccc2)no1. The number of amides is 3. The van der Waals surface area contributed by atoms with E-state index in [1.54, 1.807) is 6.08 Å². The largest absolute Gasteiger partial charge is 0.349 e. The molecular weight excluding hydrogens is 444 g/mol. The number of hydrogen-bond donors (Lipinski definition) is 2. The fourth-order valence-corrected chi connectivity index (χ4v) is 3.69. The molecule has 1 aromatic heterocycles. The number of nitrogens with one attached hydrogen (secondary N) is 1. The molecule has 0 unspecified atom stereocenters. The van der Waals surface area contributed by atoms with E-state index in [0.717, 1.165) is 17.5 Å². The Balaban J connectivity index is 1.79. The number of carbonyl (C=O) groups is 2. The van der Waals surface area contributed by atoms with Gasteiger partial charge in [-0.15, -0.1) is 11.6 Å². The number of hydroxylamine groups is 2. The fourth-order valence-electron chi connectivity index (χ4n) is 3.69. The van der Waals surface area contributed by atoms with Crippen molar-refractivity contribution in [3.05, 3.63) is 84.8 Å². The van der Waals surface area contributed by atoms with Gasteiger partial charge in [-0.05, 0) is 24.3 Å². The highest BCUT2D eigenvalue weighted by Crippen LogP contribution is 2.23. The van der Waals surface area contributed by atoms with Crippen LogP contribution in [0.25, 0.3) is 11.4 Å². The molecule has 8 nitrogen and oxygen atoms in total. The molecule has 2 aromatic carbocycles. The number of imide groups is 1. The summed E-state index contributed by atoms with van der Waals surface area (Å²) in [6, 6.07) is 17.1. The molecule has 2 atom stereocenters. The van der Waals surface area contributed by atoms with E-state index in [1.807, 2.05) is 60.7 Å². The zero-order valence-corrected chi connectivity index (χ0v) is 20.1. The van der Waals surface area contributed by atoms with Gasteiger partial charge in [0.2, 0.25) is 11.7 Å². The van der Waals surface area contributed by atoms with Crippen molar-refractivity contribution in [3.8, 4) is 11.4 Å². The monoisotopic (exact) mass is 476 g/mol. The molecule has 3 amide bonds. The first-order chi connectivity index (χ1) is 16.9. The normalized spacial score (nSPS) is 12.7. The predicted octanol–water partition coefficient (Wildman–Crippen LogP) is 5.58. The molecule has 1 heterocycles. The third-order valence-corrected chi connectivity index (χ3v) is 5.65. The van der Waals surface area contributed by atoms with Gasteiger partial charge in [-0.25, -0.2) is 4.79 Å². The van der Waals surface area contributed by atoms with Gasteiger partial charge in [0, 0.05) is 17.9 Å². The lowest BCUT2D eigenvalue weighted by atomic mass is 9.94. The van der Waals surface area contributed by atoms with Gasteiger partial charge in [0.05, 0.1) is 0 Å². The molecule has 184 valence electrons. The Morgan fingerprint density at radius 2 is 1.74 bits per heavy atom. The van der Waals surface area contributed by atoms with E-state index in [9.17, 15) is 14.8 Å². The average Bonchev–Trinajstić information content (AvgIpc) is 3.36.